The van der Waals surface area contributed by atoms with Gasteiger partial charge in [0.1, 0.15) is 0 Å². The van der Waals surface area contributed by atoms with Gasteiger partial charge in [0, 0.05) is 6.61 Å². The van der Waals surface area contributed by atoms with Crippen molar-refractivity contribution in [3.63, 3.8) is 0 Å². The van der Waals surface area contributed by atoms with Crippen molar-refractivity contribution in [3.05, 3.63) is 24.3 Å². The number of hydrogen-bond donors (Lipinski definition) is 2. The van der Waals surface area contributed by atoms with E-state index in [4.69, 9.17) is 5.11 Å². The number of aliphatic hydroxyl groups is 2. The van der Waals surface area contributed by atoms with Crippen LogP contribution in [0.25, 0.3) is 0 Å². The lowest BCUT2D eigenvalue weighted by atomic mass is 10.00. The van der Waals surface area contributed by atoms with Crippen LogP contribution in [-0.4, -0.2) is 22.4 Å². The Morgan fingerprint density at radius 2 is 1.83 bits per heavy atom. The molecule has 0 heterocycles. The number of aliphatic hydroxyl groups excluding tert-OH is 1. The zero-order valence-electron chi connectivity index (χ0n) is 12.7. The second-order valence-corrected chi connectivity index (χ2v) is 5.17. The highest BCUT2D eigenvalue weighted by molar-refractivity contribution is 4.97. The molecule has 0 spiro atoms. The minimum Gasteiger partial charge on any atom is -0.396 e. The van der Waals surface area contributed by atoms with E-state index in [1.165, 1.54) is 24.8 Å². The van der Waals surface area contributed by atoms with Gasteiger partial charge in [0.25, 0.3) is 0 Å². The molecule has 2 nitrogen and oxygen atoms in total. The van der Waals surface area contributed by atoms with Crippen molar-refractivity contribution in [2.24, 2.45) is 0 Å². The predicted molar refractivity (Wildman–Crippen MR) is 80.7 cm³/mol. The van der Waals surface area contributed by atoms with Gasteiger partial charge in [0.15, 0.2) is 0 Å². The van der Waals surface area contributed by atoms with Gasteiger partial charge >= 0.3 is 0 Å². The van der Waals surface area contributed by atoms with Gasteiger partial charge < -0.3 is 10.2 Å². The van der Waals surface area contributed by atoms with Gasteiger partial charge in [-0.1, -0.05) is 43.9 Å². The molecule has 0 saturated carbocycles. The maximum absolute atomic E-state index is 9.49. The first-order valence-corrected chi connectivity index (χ1v) is 6.99. The smallest absolute Gasteiger partial charge is 0.0800 e. The molecule has 108 valence electrons. The van der Waals surface area contributed by atoms with E-state index >= 15 is 0 Å². The molecule has 0 aromatic rings. The van der Waals surface area contributed by atoms with Crippen LogP contribution in [-0.2, 0) is 0 Å². The van der Waals surface area contributed by atoms with Gasteiger partial charge in [0.2, 0.25) is 0 Å². The second kappa shape index (κ2) is 12.8. The van der Waals surface area contributed by atoms with E-state index in [0.717, 1.165) is 19.3 Å². The van der Waals surface area contributed by atoms with Crippen LogP contribution in [0.15, 0.2) is 24.3 Å². The lowest BCUT2D eigenvalue weighted by Gasteiger charge is -2.16. The first-order valence-electron chi connectivity index (χ1n) is 6.99. The topological polar surface area (TPSA) is 40.5 Å². The van der Waals surface area contributed by atoms with E-state index < -0.39 is 5.60 Å². The van der Waals surface area contributed by atoms with Crippen LogP contribution in [0.5, 0.6) is 0 Å². The van der Waals surface area contributed by atoms with E-state index in [1.807, 2.05) is 0 Å². The number of unbranched alkanes of at least 4 members (excludes halogenated alkanes) is 3. The summed E-state index contributed by atoms with van der Waals surface area (Å²) in [6.45, 7) is 12.0. The Bertz CT molecular complexity index is 209. The van der Waals surface area contributed by atoms with Gasteiger partial charge in [0.05, 0.1) is 5.60 Å². The largest absolute Gasteiger partial charge is 0.396 e. The summed E-state index contributed by atoms with van der Waals surface area (Å²) in [5.74, 6) is 0. The Kier molecular flexibility index (Phi) is 14.1. The molecule has 0 aliphatic heterocycles. The third-order valence-corrected chi connectivity index (χ3v) is 2.65. The summed E-state index contributed by atoms with van der Waals surface area (Å²) in [4.78, 5) is 0. The fourth-order valence-corrected chi connectivity index (χ4v) is 1.29. The molecule has 1 unspecified atom stereocenters. The quantitative estimate of drug-likeness (QED) is 0.504. The highest BCUT2D eigenvalue weighted by Gasteiger charge is 2.12. The van der Waals surface area contributed by atoms with Crippen LogP contribution in [0.4, 0.5) is 0 Å². The molecule has 0 amide bonds. The number of hydrogen-bond acceptors (Lipinski definition) is 2. The monoisotopic (exact) mass is 256 g/mol. The molecular weight excluding hydrogens is 224 g/mol. The molecule has 0 saturated heterocycles. The molecule has 0 radical (unpaired) electrons. The molecule has 0 bridgehead atoms. The fraction of sp³-hybridized carbons (Fsp3) is 0.750. The highest BCUT2D eigenvalue weighted by Crippen LogP contribution is 2.13. The van der Waals surface area contributed by atoms with Crippen molar-refractivity contribution in [2.75, 3.05) is 6.61 Å². The summed E-state index contributed by atoms with van der Waals surface area (Å²) in [5, 5.41) is 17.8. The first-order chi connectivity index (χ1) is 8.39. The SMILES string of the molecule is C=CC(C)(O)CCC=C(C)C.CCCCCCO. The van der Waals surface area contributed by atoms with Crippen LogP contribution in [0.1, 0.15) is 66.2 Å². The summed E-state index contributed by atoms with van der Waals surface area (Å²) in [6, 6.07) is 0. The van der Waals surface area contributed by atoms with Crippen LogP contribution in [0, 0.1) is 0 Å². The summed E-state index contributed by atoms with van der Waals surface area (Å²) in [6.07, 6.45) is 10.1. The molecule has 1 atom stereocenters. The van der Waals surface area contributed by atoms with Gasteiger partial charge in [-0.3, -0.25) is 0 Å². The average molecular weight is 256 g/mol. The lowest BCUT2D eigenvalue weighted by molar-refractivity contribution is 0.103. The minimum absolute atomic E-state index is 0.361. The minimum atomic E-state index is -0.702. The summed E-state index contributed by atoms with van der Waals surface area (Å²) in [7, 11) is 0. The van der Waals surface area contributed by atoms with Crippen molar-refractivity contribution >= 4 is 0 Å². The van der Waals surface area contributed by atoms with Crippen molar-refractivity contribution in [1.29, 1.82) is 0 Å². The van der Waals surface area contributed by atoms with Crippen molar-refractivity contribution in [1.82, 2.24) is 0 Å². The Morgan fingerprint density at radius 3 is 2.22 bits per heavy atom. The summed E-state index contributed by atoms with van der Waals surface area (Å²) < 4.78 is 0. The van der Waals surface area contributed by atoms with Crippen molar-refractivity contribution in [2.45, 2.75) is 71.8 Å². The molecular formula is C16H32O2. The molecule has 2 heteroatoms. The second-order valence-electron chi connectivity index (χ2n) is 5.17. The maximum atomic E-state index is 9.49. The molecule has 0 fully saturated rings. The zero-order chi connectivity index (χ0) is 14.4. The Balaban J connectivity index is 0. The van der Waals surface area contributed by atoms with Crippen LogP contribution in [0.2, 0.25) is 0 Å². The van der Waals surface area contributed by atoms with Gasteiger partial charge in [-0.2, -0.15) is 0 Å². The van der Waals surface area contributed by atoms with E-state index in [0.29, 0.717) is 6.61 Å². The molecule has 0 aromatic heterocycles. The first kappa shape index (κ1) is 19.7. The average Bonchev–Trinajstić information content (AvgIpc) is 2.30. The lowest BCUT2D eigenvalue weighted by Crippen LogP contribution is -2.19. The van der Waals surface area contributed by atoms with E-state index in [-0.39, 0.29) is 0 Å². The molecule has 2 N–H and O–H groups in total. The van der Waals surface area contributed by atoms with Gasteiger partial charge in [-0.25, -0.2) is 0 Å². The Hall–Kier alpha value is -0.600. The molecule has 0 aromatic carbocycles. The van der Waals surface area contributed by atoms with E-state index in [2.05, 4.69) is 33.4 Å². The van der Waals surface area contributed by atoms with Crippen LogP contribution >= 0.6 is 0 Å². The van der Waals surface area contributed by atoms with Crippen LogP contribution < -0.4 is 0 Å². The Labute approximate surface area is 113 Å². The molecule has 18 heavy (non-hydrogen) atoms. The summed E-state index contributed by atoms with van der Waals surface area (Å²) in [5.41, 5.74) is 0.594. The van der Waals surface area contributed by atoms with Gasteiger partial charge in [-0.05, 0) is 40.0 Å². The summed E-state index contributed by atoms with van der Waals surface area (Å²) >= 11 is 0. The third kappa shape index (κ3) is 17.8. The number of rotatable bonds is 8. The van der Waals surface area contributed by atoms with Crippen molar-refractivity contribution < 1.29 is 10.2 Å². The van der Waals surface area contributed by atoms with E-state index in [9.17, 15) is 5.11 Å². The molecule has 0 aliphatic rings. The highest BCUT2D eigenvalue weighted by atomic mass is 16.3. The van der Waals surface area contributed by atoms with Gasteiger partial charge in [-0.15, -0.1) is 6.58 Å². The van der Waals surface area contributed by atoms with Crippen molar-refractivity contribution in [3.8, 4) is 0 Å². The Morgan fingerprint density at radius 1 is 1.22 bits per heavy atom. The zero-order valence-corrected chi connectivity index (χ0v) is 12.7. The maximum Gasteiger partial charge on any atom is 0.0800 e. The third-order valence-electron chi connectivity index (χ3n) is 2.65. The number of allylic oxidation sites excluding steroid dienone is 2. The standard InChI is InChI=1S/C10H18O.C6H14O/c1-5-10(4,11)8-6-7-9(2)3;1-2-3-4-5-6-7/h5,7,11H,1,6,8H2,2-4H3;7H,2-6H2,1H3. The molecule has 0 rings (SSSR count). The fourth-order valence-electron chi connectivity index (χ4n) is 1.29. The normalized spacial score (nSPS) is 13.0. The van der Waals surface area contributed by atoms with Crippen LogP contribution in [0.3, 0.4) is 0 Å². The molecule has 0 aliphatic carbocycles. The predicted octanol–water partition coefficient (Wildman–Crippen LogP) is 4.23. The van der Waals surface area contributed by atoms with E-state index in [1.54, 1.807) is 13.0 Å².